The number of thioether (sulfide) groups is 1. The van der Waals surface area contributed by atoms with Crippen molar-refractivity contribution in [1.29, 1.82) is 0 Å². The fourth-order valence-corrected chi connectivity index (χ4v) is 4.50. The molecule has 20 heavy (non-hydrogen) atoms. The van der Waals surface area contributed by atoms with Crippen molar-refractivity contribution in [2.45, 2.75) is 88.8 Å². The Morgan fingerprint density at radius 3 is 2.65 bits per heavy atom. The molecule has 0 saturated heterocycles. The first-order valence-corrected chi connectivity index (χ1v) is 8.98. The van der Waals surface area contributed by atoms with Gasteiger partial charge in [0.25, 0.3) is 0 Å². The van der Waals surface area contributed by atoms with Crippen LogP contribution in [-0.4, -0.2) is 34.7 Å². The zero-order valence-corrected chi connectivity index (χ0v) is 14.5. The van der Waals surface area contributed by atoms with Gasteiger partial charge in [0.05, 0.1) is 6.61 Å². The number of rotatable bonds is 7. The minimum Gasteiger partial charge on any atom is -0.465 e. The highest BCUT2D eigenvalue weighted by Crippen LogP contribution is 2.38. The van der Waals surface area contributed by atoms with Gasteiger partial charge in [-0.2, -0.15) is 11.8 Å². The Hall–Kier alpha value is -0.220. The third-order valence-electron chi connectivity index (χ3n) is 3.94. The van der Waals surface area contributed by atoms with Crippen molar-refractivity contribution in [1.82, 2.24) is 5.32 Å². The van der Waals surface area contributed by atoms with Crippen molar-refractivity contribution in [2.24, 2.45) is 0 Å². The van der Waals surface area contributed by atoms with Gasteiger partial charge in [-0.25, -0.2) is 0 Å². The lowest BCUT2D eigenvalue weighted by Crippen LogP contribution is -2.58. The molecule has 0 bridgehead atoms. The zero-order valence-electron chi connectivity index (χ0n) is 13.7. The largest absolute Gasteiger partial charge is 0.465 e. The molecule has 0 aromatic rings. The fourth-order valence-electron chi connectivity index (χ4n) is 2.96. The molecule has 3 unspecified atom stereocenters. The van der Waals surface area contributed by atoms with Crippen molar-refractivity contribution < 1.29 is 9.53 Å². The molecule has 1 rings (SSSR count). The van der Waals surface area contributed by atoms with E-state index in [-0.39, 0.29) is 5.97 Å². The number of hydrogen-bond donors (Lipinski definition) is 1. The van der Waals surface area contributed by atoms with Crippen LogP contribution in [0.15, 0.2) is 0 Å². The maximum absolute atomic E-state index is 12.5. The summed E-state index contributed by atoms with van der Waals surface area (Å²) in [5, 5.41) is 4.74. The lowest BCUT2D eigenvalue weighted by Gasteiger charge is -2.41. The van der Waals surface area contributed by atoms with Crippen molar-refractivity contribution >= 4 is 17.7 Å². The molecule has 1 aliphatic rings. The van der Waals surface area contributed by atoms with Gasteiger partial charge < -0.3 is 4.74 Å². The summed E-state index contributed by atoms with van der Waals surface area (Å²) in [6.45, 7) is 11.1. The standard InChI is InChI=1S/C16H31NO2S/c1-6-13(5)20-14-9-8-10-16(11-14,17-12(3)4)15(18)19-7-2/h12-14,17H,6-11H2,1-5H3. The highest BCUT2D eigenvalue weighted by Gasteiger charge is 2.44. The van der Waals surface area contributed by atoms with Gasteiger partial charge in [0.15, 0.2) is 0 Å². The summed E-state index contributed by atoms with van der Waals surface area (Å²) in [5.74, 6) is -0.0526. The van der Waals surface area contributed by atoms with Crippen molar-refractivity contribution in [3.8, 4) is 0 Å². The van der Waals surface area contributed by atoms with E-state index in [2.05, 4.69) is 33.0 Å². The topological polar surface area (TPSA) is 38.3 Å². The van der Waals surface area contributed by atoms with Crippen LogP contribution in [0.3, 0.4) is 0 Å². The quantitative estimate of drug-likeness (QED) is 0.727. The SMILES string of the molecule is CCOC(=O)C1(NC(C)C)CCCC(SC(C)CC)C1. The third-order valence-corrected chi connectivity index (χ3v) is 5.52. The van der Waals surface area contributed by atoms with Gasteiger partial charge in [-0.05, 0) is 52.9 Å². The summed E-state index contributed by atoms with van der Waals surface area (Å²) < 4.78 is 5.35. The molecule has 1 saturated carbocycles. The Balaban J connectivity index is 2.78. The number of ether oxygens (including phenoxy) is 1. The molecule has 0 aromatic heterocycles. The molecule has 0 radical (unpaired) electrons. The molecule has 0 heterocycles. The van der Waals surface area contributed by atoms with Crippen molar-refractivity contribution in [2.75, 3.05) is 6.61 Å². The number of carbonyl (C=O) groups is 1. The molecule has 0 aliphatic heterocycles. The molecule has 3 atom stereocenters. The third kappa shape index (κ3) is 4.96. The summed E-state index contributed by atoms with van der Waals surface area (Å²) in [4.78, 5) is 12.5. The van der Waals surface area contributed by atoms with Gasteiger partial charge in [0, 0.05) is 16.5 Å². The highest BCUT2D eigenvalue weighted by molar-refractivity contribution is 8.00. The molecular weight excluding hydrogens is 270 g/mol. The molecule has 0 amide bonds. The second-order valence-electron chi connectivity index (χ2n) is 6.17. The Kier molecular flexibility index (Phi) is 7.38. The monoisotopic (exact) mass is 301 g/mol. The van der Waals surface area contributed by atoms with Gasteiger partial charge in [0.1, 0.15) is 5.54 Å². The van der Waals surface area contributed by atoms with Gasteiger partial charge in [-0.15, -0.1) is 0 Å². The molecule has 0 aromatic carbocycles. The number of carbonyl (C=O) groups excluding carboxylic acids is 1. The van der Waals surface area contributed by atoms with Crippen molar-refractivity contribution in [3.63, 3.8) is 0 Å². The van der Waals surface area contributed by atoms with Crippen LogP contribution in [0.1, 0.15) is 66.7 Å². The van der Waals surface area contributed by atoms with Crippen LogP contribution in [0.5, 0.6) is 0 Å². The average Bonchev–Trinajstić information content (AvgIpc) is 2.38. The molecule has 1 fully saturated rings. The molecule has 118 valence electrons. The fraction of sp³-hybridized carbons (Fsp3) is 0.938. The van der Waals surface area contributed by atoms with Gasteiger partial charge >= 0.3 is 5.97 Å². The maximum atomic E-state index is 12.5. The van der Waals surface area contributed by atoms with E-state index in [0.29, 0.717) is 23.1 Å². The van der Waals surface area contributed by atoms with Crippen LogP contribution >= 0.6 is 11.8 Å². The first-order chi connectivity index (χ1) is 9.43. The summed E-state index contributed by atoms with van der Waals surface area (Å²) in [6.07, 6.45) is 5.31. The first-order valence-electron chi connectivity index (χ1n) is 8.04. The lowest BCUT2D eigenvalue weighted by atomic mass is 9.80. The number of hydrogen-bond acceptors (Lipinski definition) is 4. The maximum Gasteiger partial charge on any atom is 0.326 e. The number of nitrogens with one attached hydrogen (secondary N) is 1. The normalized spacial score (nSPS) is 28.4. The second kappa shape index (κ2) is 8.28. The van der Waals surface area contributed by atoms with E-state index in [1.807, 2.05) is 18.7 Å². The summed E-state index contributed by atoms with van der Waals surface area (Å²) in [7, 11) is 0. The predicted octanol–water partition coefficient (Wildman–Crippen LogP) is 3.76. The molecule has 1 N–H and O–H groups in total. The van der Waals surface area contributed by atoms with E-state index in [1.54, 1.807) is 0 Å². The Labute approximate surface area is 128 Å². The summed E-state index contributed by atoms with van der Waals surface area (Å²) in [6, 6.07) is 0.298. The average molecular weight is 301 g/mol. The minimum atomic E-state index is -0.465. The second-order valence-corrected chi connectivity index (χ2v) is 7.92. The number of esters is 1. The summed E-state index contributed by atoms with van der Waals surface area (Å²) in [5.41, 5.74) is -0.465. The minimum absolute atomic E-state index is 0.0526. The Morgan fingerprint density at radius 2 is 2.10 bits per heavy atom. The van der Waals surface area contributed by atoms with Crippen LogP contribution in [0.2, 0.25) is 0 Å². The Bertz CT molecular complexity index is 309. The van der Waals surface area contributed by atoms with E-state index in [4.69, 9.17) is 4.74 Å². The summed E-state index contributed by atoms with van der Waals surface area (Å²) >= 11 is 2.04. The molecule has 3 nitrogen and oxygen atoms in total. The van der Waals surface area contributed by atoms with Gasteiger partial charge in [-0.1, -0.05) is 13.8 Å². The van der Waals surface area contributed by atoms with Crippen LogP contribution in [0.25, 0.3) is 0 Å². The van der Waals surface area contributed by atoms with E-state index in [9.17, 15) is 4.79 Å². The zero-order chi connectivity index (χ0) is 15.2. The van der Waals surface area contributed by atoms with Crippen LogP contribution in [0, 0.1) is 0 Å². The first kappa shape index (κ1) is 17.8. The predicted molar refractivity (Wildman–Crippen MR) is 87.2 cm³/mol. The highest BCUT2D eigenvalue weighted by atomic mass is 32.2. The molecule has 1 aliphatic carbocycles. The van der Waals surface area contributed by atoms with Gasteiger partial charge in [-0.3, -0.25) is 10.1 Å². The van der Waals surface area contributed by atoms with E-state index >= 15 is 0 Å². The van der Waals surface area contributed by atoms with E-state index < -0.39 is 5.54 Å². The molecule has 0 spiro atoms. The van der Waals surface area contributed by atoms with Crippen LogP contribution < -0.4 is 5.32 Å². The molecule has 4 heteroatoms. The van der Waals surface area contributed by atoms with E-state index in [1.165, 1.54) is 12.8 Å². The molecular formula is C16H31NO2S. The van der Waals surface area contributed by atoms with Crippen LogP contribution in [-0.2, 0) is 9.53 Å². The Morgan fingerprint density at radius 1 is 1.40 bits per heavy atom. The van der Waals surface area contributed by atoms with E-state index in [0.717, 1.165) is 19.3 Å². The van der Waals surface area contributed by atoms with Crippen LogP contribution in [0.4, 0.5) is 0 Å². The lowest BCUT2D eigenvalue weighted by molar-refractivity contribution is -0.153. The van der Waals surface area contributed by atoms with Gasteiger partial charge in [0.2, 0.25) is 0 Å². The van der Waals surface area contributed by atoms with Crippen molar-refractivity contribution in [3.05, 3.63) is 0 Å². The smallest absolute Gasteiger partial charge is 0.326 e.